The summed E-state index contributed by atoms with van der Waals surface area (Å²) in [6.45, 7) is -4.26. The van der Waals surface area contributed by atoms with Crippen LogP contribution in [0.4, 0.5) is 12.9 Å². The molecule has 1 aliphatic heterocycles. The van der Waals surface area contributed by atoms with Crippen LogP contribution in [-0.4, -0.2) is 20.1 Å². The van der Waals surface area contributed by atoms with Crippen molar-refractivity contribution < 1.29 is 64.3 Å². The predicted molar refractivity (Wildman–Crippen MR) is 54.9 cm³/mol. The van der Waals surface area contributed by atoms with Crippen molar-refractivity contribution in [2.45, 2.75) is 11.7 Å². The van der Waals surface area contributed by atoms with Gasteiger partial charge in [-0.05, 0) is 24.6 Å². The maximum absolute atomic E-state index is 12.7. The van der Waals surface area contributed by atoms with Crippen LogP contribution in [-0.2, 0) is 0 Å². The molecule has 0 spiro atoms. The first kappa shape index (κ1) is 14.7. The van der Waals surface area contributed by atoms with Crippen molar-refractivity contribution in [1.29, 1.82) is 0 Å². The Bertz CT molecular complexity index is 331. The number of nitrogens with one attached hydrogen (secondary N) is 1. The van der Waals surface area contributed by atoms with E-state index < -0.39 is 18.7 Å². The van der Waals surface area contributed by atoms with Gasteiger partial charge in [-0.3, -0.25) is 0 Å². The zero-order valence-corrected chi connectivity index (χ0v) is 12.3. The van der Waals surface area contributed by atoms with E-state index in [1.54, 1.807) is 24.3 Å². The molecule has 0 saturated carbocycles. The van der Waals surface area contributed by atoms with Gasteiger partial charge in [-0.25, -0.2) is 0 Å². The van der Waals surface area contributed by atoms with Crippen molar-refractivity contribution in [3.63, 3.8) is 0 Å². The summed E-state index contributed by atoms with van der Waals surface area (Å²) in [4.78, 5) is 0. The number of rotatable bonds is 2. The van der Waals surface area contributed by atoms with E-state index in [0.29, 0.717) is 6.54 Å². The van der Waals surface area contributed by atoms with E-state index in [-0.39, 0.29) is 57.9 Å². The molecule has 82 valence electrons. The van der Waals surface area contributed by atoms with Crippen LogP contribution in [0, 0.1) is 0 Å². The minimum Gasteiger partial charge on any atom is -0.449 e. The summed E-state index contributed by atoms with van der Waals surface area (Å²) in [5.41, 5.74) is 0.784. The maximum atomic E-state index is 12.7. The number of hydrogen-bond donors (Lipinski definition) is 1. The van der Waals surface area contributed by atoms with E-state index in [9.17, 15) is 12.9 Å². The second kappa shape index (κ2) is 6.02. The van der Waals surface area contributed by atoms with Crippen LogP contribution < -0.4 is 56.7 Å². The fourth-order valence-electron chi connectivity index (χ4n) is 2.16. The fourth-order valence-corrected chi connectivity index (χ4v) is 2.16. The molecule has 1 N–H and O–H groups in total. The van der Waals surface area contributed by atoms with Crippen LogP contribution in [0.5, 0.6) is 0 Å². The topological polar surface area (TPSA) is 12.0 Å². The van der Waals surface area contributed by atoms with Crippen LogP contribution in [0.25, 0.3) is 0 Å². The molecule has 2 rings (SSSR count). The van der Waals surface area contributed by atoms with E-state index in [1.807, 2.05) is 6.07 Å². The van der Waals surface area contributed by atoms with Crippen LogP contribution in [0.2, 0.25) is 5.82 Å². The second-order valence-corrected chi connectivity index (χ2v) is 3.96. The largest absolute Gasteiger partial charge is 1.00 e. The molecule has 1 fully saturated rings. The SMILES string of the molecule is F[B-](F)(F)[C@@H]1CNC[C@H]1c1ccccc1.[K+]. The minimum absolute atomic E-state index is 0. The third-order valence-electron chi connectivity index (χ3n) is 2.97. The van der Waals surface area contributed by atoms with Gasteiger partial charge in [-0.15, -0.1) is 0 Å². The van der Waals surface area contributed by atoms with E-state index in [1.165, 1.54) is 0 Å². The fraction of sp³-hybridized carbons (Fsp3) is 0.400. The Labute approximate surface area is 136 Å². The Balaban J connectivity index is 0.00000128. The molecule has 16 heavy (non-hydrogen) atoms. The van der Waals surface area contributed by atoms with E-state index in [0.717, 1.165) is 5.56 Å². The van der Waals surface area contributed by atoms with Gasteiger partial charge in [-0.1, -0.05) is 36.1 Å². The zero-order valence-electron chi connectivity index (χ0n) is 9.17. The number of hydrogen-bond acceptors (Lipinski definition) is 1. The third kappa shape index (κ3) is 3.34. The molecule has 0 amide bonds. The third-order valence-corrected chi connectivity index (χ3v) is 2.97. The van der Waals surface area contributed by atoms with Gasteiger partial charge >= 0.3 is 58.4 Å². The normalized spacial score (nSPS) is 25.2. The summed E-state index contributed by atoms with van der Waals surface area (Å²) in [6.07, 6.45) is 0. The van der Waals surface area contributed by atoms with Gasteiger partial charge in [0, 0.05) is 0 Å². The van der Waals surface area contributed by atoms with E-state index in [2.05, 4.69) is 5.32 Å². The molecule has 1 aromatic rings. The smallest absolute Gasteiger partial charge is 0.449 e. The van der Waals surface area contributed by atoms with Gasteiger partial charge in [0.2, 0.25) is 0 Å². The first-order chi connectivity index (χ1) is 7.09. The second-order valence-electron chi connectivity index (χ2n) is 3.96. The van der Waals surface area contributed by atoms with Gasteiger partial charge in [0.25, 0.3) is 0 Å². The summed E-state index contributed by atoms with van der Waals surface area (Å²) < 4.78 is 38.2. The summed E-state index contributed by atoms with van der Waals surface area (Å²) >= 11 is 0. The molecular weight excluding hydrogens is 241 g/mol. The van der Waals surface area contributed by atoms with E-state index in [4.69, 9.17) is 0 Å². The van der Waals surface area contributed by atoms with Crippen molar-refractivity contribution in [2.24, 2.45) is 0 Å². The van der Waals surface area contributed by atoms with Crippen LogP contribution in [0.3, 0.4) is 0 Å². The quantitative estimate of drug-likeness (QED) is 0.707. The molecule has 1 nitrogen and oxygen atoms in total. The number of halogens is 3. The molecule has 6 heteroatoms. The van der Waals surface area contributed by atoms with Crippen molar-refractivity contribution in [3.8, 4) is 0 Å². The molecule has 1 heterocycles. The summed E-state index contributed by atoms with van der Waals surface area (Å²) in [5.74, 6) is -1.60. The van der Waals surface area contributed by atoms with Gasteiger partial charge in [0.15, 0.2) is 0 Å². The molecule has 1 aromatic carbocycles. The van der Waals surface area contributed by atoms with Crippen LogP contribution in [0.15, 0.2) is 30.3 Å². The molecule has 0 radical (unpaired) electrons. The van der Waals surface area contributed by atoms with Crippen LogP contribution >= 0.6 is 0 Å². The number of benzene rings is 1. The van der Waals surface area contributed by atoms with Crippen molar-refractivity contribution in [3.05, 3.63) is 35.9 Å². The molecule has 0 aromatic heterocycles. The first-order valence-corrected chi connectivity index (χ1v) is 5.04. The summed E-state index contributed by atoms with van der Waals surface area (Å²) in [5, 5.41) is 2.82. The maximum Gasteiger partial charge on any atom is 1.00 e. The molecule has 2 atom stereocenters. The average Bonchev–Trinajstić information content (AvgIpc) is 2.67. The van der Waals surface area contributed by atoms with Gasteiger partial charge in [-0.2, -0.15) is 0 Å². The van der Waals surface area contributed by atoms with Crippen molar-refractivity contribution in [2.75, 3.05) is 13.1 Å². The molecule has 1 aliphatic rings. The van der Waals surface area contributed by atoms with Crippen molar-refractivity contribution in [1.82, 2.24) is 5.32 Å². The average molecular weight is 253 g/mol. The van der Waals surface area contributed by atoms with E-state index >= 15 is 0 Å². The van der Waals surface area contributed by atoms with Crippen LogP contribution in [0.1, 0.15) is 11.5 Å². The monoisotopic (exact) mass is 253 g/mol. The van der Waals surface area contributed by atoms with Gasteiger partial charge < -0.3 is 18.3 Å². The Hall–Kier alpha value is 0.671. The molecule has 0 bridgehead atoms. The Morgan fingerprint density at radius 3 is 2.25 bits per heavy atom. The van der Waals surface area contributed by atoms with Gasteiger partial charge in [0.1, 0.15) is 0 Å². The molecular formula is C10H12BF3KN. The standard InChI is InChI=1S/C10H12BF3N.K/c12-11(13,14)10-7-15-6-9(10)8-4-2-1-3-5-8;/h1-5,9-10,15H,6-7H2;/q-1;+1/t9-,10+;/m0./s1. The predicted octanol–water partition coefficient (Wildman–Crippen LogP) is -0.405. The Kier molecular flexibility index (Phi) is 5.54. The van der Waals surface area contributed by atoms with Gasteiger partial charge in [0.05, 0.1) is 0 Å². The molecule has 1 saturated heterocycles. The zero-order chi connectivity index (χ0) is 10.9. The Morgan fingerprint density at radius 1 is 1.06 bits per heavy atom. The van der Waals surface area contributed by atoms with Crippen molar-refractivity contribution >= 4 is 6.98 Å². The molecule has 0 aliphatic carbocycles. The molecule has 0 unspecified atom stereocenters. The first-order valence-electron chi connectivity index (χ1n) is 5.04. The summed E-state index contributed by atoms with van der Waals surface area (Å²) in [6, 6.07) is 8.93. The minimum atomic E-state index is -4.75. The Morgan fingerprint density at radius 2 is 1.69 bits per heavy atom. The summed E-state index contributed by atoms with van der Waals surface area (Å²) in [7, 11) is 0.